The van der Waals surface area contributed by atoms with E-state index in [2.05, 4.69) is 5.32 Å². The summed E-state index contributed by atoms with van der Waals surface area (Å²) in [6.07, 6.45) is 3.63. The van der Waals surface area contributed by atoms with Crippen LogP contribution in [0.3, 0.4) is 0 Å². The summed E-state index contributed by atoms with van der Waals surface area (Å²) in [7, 11) is 0. The van der Waals surface area contributed by atoms with Gasteiger partial charge in [0.25, 0.3) is 5.91 Å². The number of rotatable bonds is 6. The number of ether oxygens (including phenoxy) is 2. The van der Waals surface area contributed by atoms with Gasteiger partial charge < -0.3 is 26.3 Å². The summed E-state index contributed by atoms with van der Waals surface area (Å²) in [5, 5.41) is 3.12. The highest BCUT2D eigenvalue weighted by atomic mass is 16.5. The molecule has 31 heavy (non-hydrogen) atoms. The van der Waals surface area contributed by atoms with Crippen LogP contribution < -0.4 is 26.3 Å². The number of benzene rings is 3. The van der Waals surface area contributed by atoms with Crippen LogP contribution in [-0.4, -0.2) is 18.0 Å². The van der Waals surface area contributed by atoms with Crippen molar-refractivity contribution in [1.29, 1.82) is 0 Å². The van der Waals surface area contributed by atoms with Crippen LogP contribution in [0.1, 0.15) is 36.0 Å². The van der Waals surface area contributed by atoms with Crippen molar-refractivity contribution in [2.24, 2.45) is 5.73 Å². The second-order valence-electron chi connectivity index (χ2n) is 7.86. The molecule has 4 rings (SSSR count). The maximum absolute atomic E-state index is 13.0. The number of hydrogen-bond acceptors (Lipinski definition) is 5. The first kappa shape index (κ1) is 20.8. The highest BCUT2D eigenvalue weighted by molar-refractivity contribution is 5.95. The van der Waals surface area contributed by atoms with Gasteiger partial charge >= 0.3 is 0 Å². The van der Waals surface area contributed by atoms with E-state index < -0.39 is 0 Å². The Morgan fingerprint density at radius 3 is 1.97 bits per heavy atom. The zero-order valence-corrected chi connectivity index (χ0v) is 17.3. The molecule has 3 aromatic carbocycles. The number of nitrogen functional groups attached to an aromatic ring is 1. The Hall–Kier alpha value is -3.51. The van der Waals surface area contributed by atoms with Crippen molar-refractivity contribution in [1.82, 2.24) is 5.32 Å². The number of anilines is 1. The van der Waals surface area contributed by atoms with Gasteiger partial charge in [-0.15, -0.1) is 0 Å². The number of nitrogens with one attached hydrogen (secondary N) is 1. The van der Waals surface area contributed by atoms with Crippen LogP contribution in [0.5, 0.6) is 23.0 Å². The van der Waals surface area contributed by atoms with Gasteiger partial charge in [0.05, 0.1) is 0 Å². The van der Waals surface area contributed by atoms with Gasteiger partial charge in [-0.25, -0.2) is 0 Å². The van der Waals surface area contributed by atoms with Crippen molar-refractivity contribution in [2.45, 2.75) is 37.8 Å². The standard InChI is InChI=1S/C25H27N3O3/c26-18-6-10-20(11-7-18)28-25(29)17-14-23(30-21-4-2-1-3-5-21)16-24(15-17)31-22-12-8-19(27)9-13-22/h1-5,8-9,12-16,18,20H,6-7,10-11,26-27H2,(H,28,29). The Kier molecular flexibility index (Phi) is 6.38. The molecule has 0 unspecified atom stereocenters. The third-order valence-electron chi connectivity index (χ3n) is 5.34. The predicted octanol–water partition coefficient (Wildman–Crippen LogP) is 4.85. The zero-order valence-electron chi connectivity index (χ0n) is 17.3. The molecule has 6 heteroatoms. The average molecular weight is 418 g/mol. The van der Waals surface area contributed by atoms with Crippen LogP contribution in [0.2, 0.25) is 0 Å². The average Bonchev–Trinajstić information content (AvgIpc) is 2.77. The molecule has 0 saturated heterocycles. The summed E-state index contributed by atoms with van der Waals surface area (Å²) >= 11 is 0. The maximum atomic E-state index is 13.0. The van der Waals surface area contributed by atoms with Crippen LogP contribution in [0.25, 0.3) is 0 Å². The van der Waals surface area contributed by atoms with E-state index in [-0.39, 0.29) is 18.0 Å². The molecule has 0 spiro atoms. The van der Waals surface area contributed by atoms with Crippen molar-refractivity contribution in [3.63, 3.8) is 0 Å². The fourth-order valence-corrected chi connectivity index (χ4v) is 3.65. The Morgan fingerprint density at radius 1 is 0.774 bits per heavy atom. The molecule has 1 fully saturated rings. The molecule has 0 radical (unpaired) electrons. The molecule has 0 bridgehead atoms. The Bertz CT molecular complexity index is 1010. The van der Waals surface area contributed by atoms with Crippen molar-refractivity contribution in [3.8, 4) is 23.0 Å². The first-order chi connectivity index (χ1) is 15.0. The predicted molar refractivity (Wildman–Crippen MR) is 122 cm³/mol. The number of carbonyl (C=O) groups excluding carboxylic acids is 1. The first-order valence-corrected chi connectivity index (χ1v) is 10.5. The Labute approximate surface area is 182 Å². The van der Waals surface area contributed by atoms with E-state index in [1.807, 2.05) is 30.3 Å². The monoisotopic (exact) mass is 417 g/mol. The second-order valence-corrected chi connectivity index (χ2v) is 7.86. The van der Waals surface area contributed by atoms with E-state index >= 15 is 0 Å². The van der Waals surface area contributed by atoms with Gasteiger partial charge in [-0.2, -0.15) is 0 Å². The maximum Gasteiger partial charge on any atom is 0.251 e. The lowest BCUT2D eigenvalue weighted by Crippen LogP contribution is -2.40. The lowest BCUT2D eigenvalue weighted by atomic mass is 9.91. The SMILES string of the molecule is Nc1ccc(Oc2cc(Oc3ccccc3)cc(C(=O)NC3CCC(N)CC3)c2)cc1. The number of carbonyl (C=O) groups is 1. The van der Waals surface area contributed by atoms with E-state index in [4.69, 9.17) is 20.9 Å². The molecule has 3 aromatic rings. The summed E-state index contributed by atoms with van der Waals surface area (Å²) < 4.78 is 11.9. The van der Waals surface area contributed by atoms with Crippen molar-refractivity contribution < 1.29 is 14.3 Å². The van der Waals surface area contributed by atoms with Crippen molar-refractivity contribution >= 4 is 11.6 Å². The van der Waals surface area contributed by atoms with Gasteiger partial charge in [0, 0.05) is 29.4 Å². The lowest BCUT2D eigenvalue weighted by Gasteiger charge is -2.26. The quantitative estimate of drug-likeness (QED) is 0.498. The van der Waals surface area contributed by atoms with Crippen LogP contribution in [-0.2, 0) is 0 Å². The molecular weight excluding hydrogens is 390 g/mol. The molecule has 0 aromatic heterocycles. The van der Waals surface area contributed by atoms with E-state index in [9.17, 15) is 4.79 Å². The fourth-order valence-electron chi connectivity index (χ4n) is 3.65. The summed E-state index contributed by atoms with van der Waals surface area (Å²) in [5.74, 6) is 2.18. The molecule has 5 N–H and O–H groups in total. The van der Waals surface area contributed by atoms with Gasteiger partial charge in [0.1, 0.15) is 23.0 Å². The van der Waals surface area contributed by atoms with Gasteiger partial charge in [-0.1, -0.05) is 18.2 Å². The van der Waals surface area contributed by atoms with Gasteiger partial charge in [0.2, 0.25) is 0 Å². The van der Waals surface area contributed by atoms with Gasteiger partial charge in [0.15, 0.2) is 0 Å². The summed E-state index contributed by atoms with van der Waals surface area (Å²) in [5.41, 5.74) is 12.9. The second kappa shape index (κ2) is 9.53. The highest BCUT2D eigenvalue weighted by Crippen LogP contribution is 2.31. The minimum Gasteiger partial charge on any atom is -0.457 e. The first-order valence-electron chi connectivity index (χ1n) is 10.5. The van der Waals surface area contributed by atoms with Crippen LogP contribution in [0.15, 0.2) is 72.8 Å². The Morgan fingerprint density at radius 2 is 1.35 bits per heavy atom. The molecule has 6 nitrogen and oxygen atoms in total. The normalized spacial score (nSPS) is 18.2. The fraction of sp³-hybridized carbons (Fsp3) is 0.240. The molecule has 160 valence electrons. The lowest BCUT2D eigenvalue weighted by molar-refractivity contribution is 0.0925. The third kappa shape index (κ3) is 5.77. The zero-order chi connectivity index (χ0) is 21.6. The molecule has 0 atom stereocenters. The number of amides is 1. The largest absolute Gasteiger partial charge is 0.457 e. The highest BCUT2D eigenvalue weighted by Gasteiger charge is 2.21. The van der Waals surface area contributed by atoms with E-state index in [0.717, 1.165) is 25.7 Å². The minimum atomic E-state index is -0.152. The number of para-hydroxylation sites is 1. The van der Waals surface area contributed by atoms with Crippen LogP contribution in [0, 0.1) is 0 Å². The summed E-state index contributed by atoms with van der Waals surface area (Å²) in [4.78, 5) is 13.0. The van der Waals surface area contributed by atoms with Crippen LogP contribution >= 0.6 is 0 Å². The summed E-state index contributed by atoms with van der Waals surface area (Å²) in [6, 6.07) is 22.1. The molecule has 0 heterocycles. The molecule has 1 saturated carbocycles. The Balaban J connectivity index is 1.57. The van der Waals surface area contributed by atoms with E-state index in [0.29, 0.717) is 34.2 Å². The number of nitrogens with two attached hydrogens (primary N) is 2. The molecule has 1 aliphatic rings. The van der Waals surface area contributed by atoms with Gasteiger partial charge in [-0.05, 0) is 74.2 Å². The molecular formula is C25H27N3O3. The third-order valence-corrected chi connectivity index (χ3v) is 5.34. The van der Waals surface area contributed by atoms with Crippen molar-refractivity contribution in [3.05, 3.63) is 78.4 Å². The summed E-state index contributed by atoms with van der Waals surface area (Å²) in [6.45, 7) is 0. The molecule has 0 aliphatic heterocycles. The van der Waals surface area contributed by atoms with E-state index in [1.165, 1.54) is 0 Å². The topological polar surface area (TPSA) is 99.6 Å². The van der Waals surface area contributed by atoms with E-state index in [1.54, 1.807) is 42.5 Å². The minimum absolute atomic E-state index is 0.132. The smallest absolute Gasteiger partial charge is 0.251 e. The molecule has 1 amide bonds. The van der Waals surface area contributed by atoms with Crippen molar-refractivity contribution in [2.75, 3.05) is 5.73 Å². The van der Waals surface area contributed by atoms with Gasteiger partial charge in [-0.3, -0.25) is 4.79 Å². The van der Waals surface area contributed by atoms with Crippen LogP contribution in [0.4, 0.5) is 5.69 Å². The molecule has 1 aliphatic carbocycles. The number of hydrogen-bond donors (Lipinski definition) is 3.